The number of nitrogens with zero attached hydrogens (tertiary/aromatic N) is 2. The topological polar surface area (TPSA) is 42.4 Å². The van der Waals surface area contributed by atoms with E-state index < -0.39 is 0 Å². The third-order valence-electron chi connectivity index (χ3n) is 2.99. The molecule has 0 atom stereocenters. The molecule has 2 rings (SSSR count). The Balaban J connectivity index is 1.97. The van der Waals surface area contributed by atoms with E-state index in [0.717, 1.165) is 44.0 Å². The normalized spacial score (nSPS) is 17.4. The van der Waals surface area contributed by atoms with Gasteiger partial charge in [-0.1, -0.05) is 22.9 Å². The monoisotopic (exact) mass is 274 g/mol. The van der Waals surface area contributed by atoms with Crippen molar-refractivity contribution >= 4 is 34.4 Å². The van der Waals surface area contributed by atoms with Crippen molar-refractivity contribution in [2.75, 3.05) is 31.7 Å². The van der Waals surface area contributed by atoms with Gasteiger partial charge in [0, 0.05) is 26.8 Å². The molecule has 0 amide bonds. The fourth-order valence-corrected chi connectivity index (χ4v) is 3.15. The van der Waals surface area contributed by atoms with Crippen molar-refractivity contribution in [1.82, 2.24) is 4.98 Å². The quantitative estimate of drug-likeness (QED) is 0.791. The number of aldehydes is 1. The number of rotatable bonds is 4. The number of carbonyl (C=O) groups is 1. The van der Waals surface area contributed by atoms with Crippen LogP contribution < -0.4 is 4.90 Å². The predicted molar refractivity (Wildman–Crippen MR) is 69.3 cm³/mol. The second-order valence-corrected chi connectivity index (χ2v) is 5.52. The molecule has 0 saturated carbocycles. The van der Waals surface area contributed by atoms with Crippen LogP contribution in [0, 0.1) is 5.92 Å². The zero-order valence-corrected chi connectivity index (χ0v) is 11.3. The molecule has 1 aromatic heterocycles. The lowest BCUT2D eigenvalue weighted by Gasteiger charge is -2.31. The van der Waals surface area contributed by atoms with E-state index in [1.807, 2.05) is 0 Å². The first-order valence-corrected chi connectivity index (χ1v) is 6.79. The largest absolute Gasteiger partial charge is 0.384 e. The number of piperidine rings is 1. The Morgan fingerprint density at radius 3 is 2.82 bits per heavy atom. The summed E-state index contributed by atoms with van der Waals surface area (Å²) >= 11 is 7.23. The summed E-state index contributed by atoms with van der Waals surface area (Å²) in [5.74, 6) is 0.636. The van der Waals surface area contributed by atoms with Crippen LogP contribution in [0.25, 0.3) is 0 Å². The highest BCUT2D eigenvalue weighted by molar-refractivity contribution is 7.17. The van der Waals surface area contributed by atoms with Gasteiger partial charge in [-0.3, -0.25) is 4.79 Å². The molecule has 0 aliphatic carbocycles. The summed E-state index contributed by atoms with van der Waals surface area (Å²) in [5, 5.41) is 1.17. The number of halogens is 1. The Bertz CT molecular complexity index is 389. The third-order valence-corrected chi connectivity index (χ3v) is 4.43. The molecule has 2 heterocycles. The van der Waals surface area contributed by atoms with Gasteiger partial charge in [0.05, 0.1) is 0 Å². The van der Waals surface area contributed by atoms with Crippen molar-refractivity contribution in [3.05, 3.63) is 10.0 Å². The summed E-state index contributed by atoms with van der Waals surface area (Å²) in [7, 11) is 1.74. The highest BCUT2D eigenvalue weighted by Gasteiger charge is 2.22. The first-order valence-electron chi connectivity index (χ1n) is 5.60. The number of thiazole rings is 1. The highest BCUT2D eigenvalue weighted by Crippen LogP contribution is 2.31. The Morgan fingerprint density at radius 2 is 2.29 bits per heavy atom. The van der Waals surface area contributed by atoms with E-state index in [-0.39, 0.29) is 0 Å². The minimum absolute atomic E-state index is 0.319. The van der Waals surface area contributed by atoms with Gasteiger partial charge in [-0.05, 0) is 18.8 Å². The van der Waals surface area contributed by atoms with Gasteiger partial charge in [-0.25, -0.2) is 4.98 Å². The van der Waals surface area contributed by atoms with E-state index in [1.165, 1.54) is 11.3 Å². The summed E-state index contributed by atoms with van der Waals surface area (Å²) in [6.07, 6.45) is 2.96. The van der Waals surface area contributed by atoms with E-state index in [1.54, 1.807) is 7.11 Å². The Morgan fingerprint density at radius 1 is 1.59 bits per heavy atom. The number of methoxy groups -OCH3 is 1. The molecular formula is C11H15ClN2O2S. The van der Waals surface area contributed by atoms with Gasteiger partial charge >= 0.3 is 0 Å². The Labute approximate surface area is 110 Å². The van der Waals surface area contributed by atoms with Crippen LogP contribution in [-0.2, 0) is 4.74 Å². The standard InChI is InChI=1S/C11H15ClN2O2S/c1-16-7-8-2-4-14(5-3-8)11-13-10(12)9(6-15)17-11/h6,8H,2-5,7H2,1H3. The molecule has 1 saturated heterocycles. The zero-order chi connectivity index (χ0) is 12.3. The van der Waals surface area contributed by atoms with Crippen LogP contribution in [0.3, 0.4) is 0 Å². The number of hydrogen-bond acceptors (Lipinski definition) is 5. The molecule has 0 aromatic carbocycles. The van der Waals surface area contributed by atoms with Crippen LogP contribution >= 0.6 is 22.9 Å². The number of aromatic nitrogens is 1. The van der Waals surface area contributed by atoms with Crippen molar-refractivity contribution < 1.29 is 9.53 Å². The number of ether oxygens (including phenoxy) is 1. The van der Waals surface area contributed by atoms with E-state index in [4.69, 9.17) is 16.3 Å². The zero-order valence-electron chi connectivity index (χ0n) is 9.69. The smallest absolute Gasteiger partial charge is 0.187 e. The van der Waals surface area contributed by atoms with Crippen LogP contribution in [0.2, 0.25) is 5.15 Å². The second-order valence-electron chi connectivity index (χ2n) is 4.16. The van der Waals surface area contributed by atoms with Crippen LogP contribution in [0.15, 0.2) is 0 Å². The predicted octanol–water partition coefficient (Wildman–Crippen LogP) is 2.47. The lowest BCUT2D eigenvalue weighted by molar-refractivity contribution is 0.112. The van der Waals surface area contributed by atoms with Gasteiger partial charge in [0.15, 0.2) is 16.6 Å². The summed E-state index contributed by atoms with van der Waals surface area (Å²) < 4.78 is 5.16. The second kappa shape index (κ2) is 5.80. The number of anilines is 1. The Hall–Kier alpha value is -0.650. The summed E-state index contributed by atoms with van der Waals surface area (Å²) in [6, 6.07) is 0. The van der Waals surface area contributed by atoms with Crippen molar-refractivity contribution in [2.45, 2.75) is 12.8 Å². The molecule has 4 nitrogen and oxygen atoms in total. The van der Waals surface area contributed by atoms with Crippen LogP contribution in [-0.4, -0.2) is 38.1 Å². The molecule has 0 radical (unpaired) electrons. The highest BCUT2D eigenvalue weighted by atomic mass is 35.5. The molecular weight excluding hydrogens is 260 g/mol. The maximum atomic E-state index is 10.7. The van der Waals surface area contributed by atoms with Crippen LogP contribution in [0.4, 0.5) is 5.13 Å². The first kappa shape index (κ1) is 12.8. The third kappa shape index (κ3) is 2.97. The van der Waals surface area contributed by atoms with Gasteiger partial charge in [0.2, 0.25) is 0 Å². The molecule has 6 heteroatoms. The Kier molecular flexibility index (Phi) is 4.36. The molecule has 1 aliphatic rings. The molecule has 1 aromatic rings. The lowest BCUT2D eigenvalue weighted by Crippen LogP contribution is -2.34. The maximum Gasteiger partial charge on any atom is 0.187 e. The minimum Gasteiger partial charge on any atom is -0.384 e. The molecule has 0 spiro atoms. The number of hydrogen-bond donors (Lipinski definition) is 0. The van der Waals surface area contributed by atoms with Gasteiger partial charge in [0.25, 0.3) is 0 Å². The van der Waals surface area contributed by atoms with E-state index in [2.05, 4.69) is 9.88 Å². The fraction of sp³-hybridized carbons (Fsp3) is 0.636. The van der Waals surface area contributed by atoms with Crippen molar-refractivity contribution in [2.24, 2.45) is 5.92 Å². The lowest BCUT2D eigenvalue weighted by atomic mass is 9.98. The molecule has 17 heavy (non-hydrogen) atoms. The van der Waals surface area contributed by atoms with Gasteiger partial charge < -0.3 is 9.64 Å². The van der Waals surface area contributed by atoms with E-state index in [9.17, 15) is 4.79 Å². The molecule has 1 fully saturated rings. The first-order chi connectivity index (χ1) is 8.24. The molecule has 0 N–H and O–H groups in total. The van der Waals surface area contributed by atoms with E-state index in [0.29, 0.717) is 15.9 Å². The summed E-state index contributed by atoms with van der Waals surface area (Å²) in [5.41, 5.74) is 0. The fourth-order valence-electron chi connectivity index (χ4n) is 2.04. The molecule has 94 valence electrons. The molecule has 0 bridgehead atoms. The van der Waals surface area contributed by atoms with Crippen LogP contribution in [0.1, 0.15) is 22.5 Å². The van der Waals surface area contributed by atoms with Gasteiger partial charge in [0.1, 0.15) is 4.88 Å². The van der Waals surface area contributed by atoms with Crippen molar-refractivity contribution in [1.29, 1.82) is 0 Å². The number of carbonyl (C=O) groups excluding carboxylic acids is 1. The van der Waals surface area contributed by atoms with Crippen LogP contribution in [0.5, 0.6) is 0 Å². The average Bonchev–Trinajstić information content (AvgIpc) is 2.72. The average molecular weight is 275 g/mol. The van der Waals surface area contributed by atoms with E-state index >= 15 is 0 Å². The summed E-state index contributed by atoms with van der Waals surface area (Å²) in [6.45, 7) is 2.73. The minimum atomic E-state index is 0.319. The van der Waals surface area contributed by atoms with Gasteiger partial charge in [-0.15, -0.1) is 0 Å². The maximum absolute atomic E-state index is 10.7. The summed E-state index contributed by atoms with van der Waals surface area (Å²) in [4.78, 5) is 17.6. The van der Waals surface area contributed by atoms with Gasteiger partial charge in [-0.2, -0.15) is 0 Å². The molecule has 0 unspecified atom stereocenters. The van der Waals surface area contributed by atoms with Crippen molar-refractivity contribution in [3.8, 4) is 0 Å². The SMILES string of the molecule is COCC1CCN(c2nc(Cl)c(C=O)s2)CC1. The molecule has 1 aliphatic heterocycles. The van der Waals surface area contributed by atoms with Crippen molar-refractivity contribution in [3.63, 3.8) is 0 Å².